The summed E-state index contributed by atoms with van der Waals surface area (Å²) in [6.07, 6.45) is 3.77. The lowest BCUT2D eigenvalue weighted by atomic mass is 10.1. The normalized spacial score (nSPS) is 15.5. The molecule has 3 heterocycles. The third kappa shape index (κ3) is 5.23. The maximum Gasteiger partial charge on any atom is 0.255 e. The lowest BCUT2D eigenvalue weighted by Gasteiger charge is -2.32. The van der Waals surface area contributed by atoms with E-state index in [1.807, 2.05) is 72.9 Å². The van der Waals surface area contributed by atoms with Crippen LogP contribution < -0.4 is 15.0 Å². The van der Waals surface area contributed by atoms with E-state index in [1.165, 1.54) is 0 Å². The molecule has 0 aliphatic carbocycles. The number of hydrogen-bond acceptors (Lipinski definition) is 6. The molecular weight excluding hydrogens is 454 g/mol. The van der Waals surface area contributed by atoms with E-state index in [-0.39, 0.29) is 12.0 Å². The highest BCUT2D eigenvalue weighted by Crippen LogP contribution is 2.27. The highest BCUT2D eigenvalue weighted by atomic mass is 16.5. The van der Waals surface area contributed by atoms with Crippen LogP contribution in [0.5, 0.6) is 5.75 Å². The number of pyridine rings is 1. The number of hydrogen-bond donors (Lipinski definition) is 1. The first kappa shape index (κ1) is 23.6. The molecule has 1 aliphatic rings. The van der Waals surface area contributed by atoms with Crippen molar-refractivity contribution in [2.75, 3.05) is 31.7 Å². The Morgan fingerprint density at radius 3 is 2.75 bits per heavy atom. The quantitative estimate of drug-likeness (QED) is 0.426. The number of nitrogens with one attached hydrogen (secondary N) is 1. The molecule has 1 saturated heterocycles. The van der Waals surface area contributed by atoms with E-state index in [0.717, 1.165) is 35.7 Å². The number of anilines is 1. The molecule has 8 heteroatoms. The molecule has 1 N–H and O–H groups in total. The first-order valence-electron chi connectivity index (χ1n) is 12.0. The summed E-state index contributed by atoms with van der Waals surface area (Å²) in [5.41, 5.74) is 3.67. The molecule has 4 aromatic rings. The van der Waals surface area contributed by atoms with E-state index < -0.39 is 0 Å². The molecule has 5 rings (SSSR count). The number of nitrogens with zero attached hydrogens (tertiary/aromatic N) is 4. The average Bonchev–Trinajstić information content (AvgIpc) is 3.38. The van der Waals surface area contributed by atoms with Gasteiger partial charge in [-0.2, -0.15) is 5.10 Å². The Morgan fingerprint density at radius 1 is 1.14 bits per heavy atom. The van der Waals surface area contributed by atoms with Crippen LogP contribution in [0.15, 0.2) is 79.1 Å². The summed E-state index contributed by atoms with van der Waals surface area (Å²) in [5.74, 6) is 1.42. The largest absolute Gasteiger partial charge is 0.497 e. The van der Waals surface area contributed by atoms with Crippen molar-refractivity contribution in [3.8, 4) is 22.7 Å². The van der Waals surface area contributed by atoms with Crippen molar-refractivity contribution >= 4 is 11.7 Å². The Balaban J connectivity index is 1.35. The van der Waals surface area contributed by atoms with E-state index >= 15 is 0 Å². The smallest absolute Gasteiger partial charge is 0.255 e. The van der Waals surface area contributed by atoms with Gasteiger partial charge in [-0.25, -0.2) is 9.67 Å². The van der Waals surface area contributed by atoms with Gasteiger partial charge in [0.25, 0.3) is 5.91 Å². The van der Waals surface area contributed by atoms with Crippen LogP contribution >= 0.6 is 0 Å². The van der Waals surface area contributed by atoms with Gasteiger partial charge in [-0.05, 0) is 42.8 Å². The third-order valence-corrected chi connectivity index (χ3v) is 6.15. The van der Waals surface area contributed by atoms with E-state index in [4.69, 9.17) is 14.6 Å². The summed E-state index contributed by atoms with van der Waals surface area (Å²) < 4.78 is 12.7. The summed E-state index contributed by atoms with van der Waals surface area (Å²) >= 11 is 0. The molecule has 0 spiro atoms. The number of ether oxygens (including phenoxy) is 2. The topological polar surface area (TPSA) is 81.5 Å². The van der Waals surface area contributed by atoms with Gasteiger partial charge < -0.3 is 19.7 Å². The van der Waals surface area contributed by atoms with Crippen molar-refractivity contribution in [3.63, 3.8) is 0 Å². The highest BCUT2D eigenvalue weighted by Gasteiger charge is 2.20. The maximum absolute atomic E-state index is 13.3. The molecule has 1 amide bonds. The van der Waals surface area contributed by atoms with Crippen LogP contribution in [0.2, 0.25) is 0 Å². The third-order valence-electron chi connectivity index (χ3n) is 6.15. The van der Waals surface area contributed by atoms with Crippen LogP contribution in [0.25, 0.3) is 16.9 Å². The Bertz CT molecular complexity index is 1320. The molecule has 1 aliphatic heterocycles. The zero-order valence-electron chi connectivity index (χ0n) is 20.4. The van der Waals surface area contributed by atoms with E-state index in [1.54, 1.807) is 18.0 Å². The summed E-state index contributed by atoms with van der Waals surface area (Å²) in [6.45, 7) is 4.77. The second-order valence-electron chi connectivity index (χ2n) is 8.74. The Kier molecular flexibility index (Phi) is 6.95. The van der Waals surface area contributed by atoms with Crippen molar-refractivity contribution in [2.24, 2.45) is 0 Å². The van der Waals surface area contributed by atoms with E-state index in [2.05, 4.69) is 22.1 Å². The second kappa shape index (κ2) is 10.6. The Morgan fingerprint density at radius 2 is 2.00 bits per heavy atom. The summed E-state index contributed by atoms with van der Waals surface area (Å²) in [5, 5.41) is 7.77. The van der Waals surface area contributed by atoms with Crippen LogP contribution in [0, 0.1) is 0 Å². The molecule has 2 aromatic carbocycles. The first-order valence-corrected chi connectivity index (χ1v) is 12.0. The number of carbonyl (C=O) groups is 1. The Hall–Kier alpha value is -4.17. The van der Waals surface area contributed by atoms with Crippen molar-refractivity contribution in [1.29, 1.82) is 0 Å². The fourth-order valence-electron chi connectivity index (χ4n) is 4.25. The van der Waals surface area contributed by atoms with Gasteiger partial charge in [-0.15, -0.1) is 0 Å². The van der Waals surface area contributed by atoms with Gasteiger partial charge in [-0.3, -0.25) is 4.79 Å². The van der Waals surface area contributed by atoms with Crippen LogP contribution in [0.3, 0.4) is 0 Å². The summed E-state index contributed by atoms with van der Waals surface area (Å²) in [6, 6.07) is 21.3. The zero-order chi connectivity index (χ0) is 24.9. The molecule has 1 fully saturated rings. The molecule has 0 radical (unpaired) electrons. The first-order chi connectivity index (χ1) is 17.6. The van der Waals surface area contributed by atoms with Gasteiger partial charge in [0.05, 0.1) is 31.1 Å². The van der Waals surface area contributed by atoms with E-state index in [0.29, 0.717) is 30.2 Å². The minimum atomic E-state index is -0.207. The standard InChI is InChI=1S/C28H29N5O3/c1-20-18-32(13-14-36-20)26-12-11-21(16-29-26)17-30-28(34)25-19-33(23-8-4-3-5-9-23)31-27(25)22-7-6-10-24(15-22)35-2/h3-12,15-16,19-20H,13-14,17-18H2,1-2H3,(H,30,34). The minimum absolute atomic E-state index is 0.190. The zero-order valence-corrected chi connectivity index (χ0v) is 20.4. The highest BCUT2D eigenvalue weighted by molar-refractivity contribution is 6.00. The van der Waals surface area contributed by atoms with Gasteiger partial charge >= 0.3 is 0 Å². The number of aromatic nitrogens is 3. The fraction of sp³-hybridized carbons (Fsp3) is 0.250. The van der Waals surface area contributed by atoms with E-state index in [9.17, 15) is 4.79 Å². The second-order valence-corrected chi connectivity index (χ2v) is 8.74. The SMILES string of the molecule is COc1cccc(-c2nn(-c3ccccc3)cc2C(=O)NCc2ccc(N3CCOC(C)C3)nc2)c1. The van der Waals surface area contributed by atoms with Crippen molar-refractivity contribution in [1.82, 2.24) is 20.1 Å². The molecular formula is C28H29N5O3. The van der Waals surface area contributed by atoms with Crippen molar-refractivity contribution in [2.45, 2.75) is 19.6 Å². The van der Waals surface area contributed by atoms with Gasteiger partial charge in [0, 0.05) is 37.6 Å². The lowest BCUT2D eigenvalue weighted by molar-refractivity contribution is 0.0529. The maximum atomic E-state index is 13.3. The molecule has 184 valence electrons. The number of methoxy groups -OCH3 is 1. The number of carbonyl (C=O) groups excluding carboxylic acids is 1. The predicted molar refractivity (Wildman–Crippen MR) is 139 cm³/mol. The monoisotopic (exact) mass is 483 g/mol. The van der Waals surface area contributed by atoms with Crippen LogP contribution in [-0.4, -0.2) is 53.6 Å². The molecule has 0 saturated carbocycles. The number of rotatable bonds is 7. The molecule has 1 unspecified atom stereocenters. The molecule has 2 aromatic heterocycles. The number of benzene rings is 2. The molecule has 8 nitrogen and oxygen atoms in total. The van der Waals surface area contributed by atoms with Crippen molar-refractivity contribution in [3.05, 3.63) is 90.3 Å². The van der Waals surface area contributed by atoms with Crippen LogP contribution in [0.4, 0.5) is 5.82 Å². The number of amides is 1. The Labute approximate surface area is 210 Å². The fourth-order valence-corrected chi connectivity index (χ4v) is 4.25. The van der Waals surface area contributed by atoms with Crippen molar-refractivity contribution < 1.29 is 14.3 Å². The van der Waals surface area contributed by atoms with Crippen LogP contribution in [-0.2, 0) is 11.3 Å². The van der Waals surface area contributed by atoms with Gasteiger partial charge in [0.1, 0.15) is 17.3 Å². The van der Waals surface area contributed by atoms with Gasteiger partial charge in [0.2, 0.25) is 0 Å². The summed E-state index contributed by atoms with van der Waals surface area (Å²) in [7, 11) is 1.62. The predicted octanol–water partition coefficient (Wildman–Crippen LogP) is 4.10. The molecule has 0 bridgehead atoms. The lowest BCUT2D eigenvalue weighted by Crippen LogP contribution is -2.41. The average molecular weight is 484 g/mol. The summed E-state index contributed by atoms with van der Waals surface area (Å²) in [4.78, 5) is 20.1. The number of morpholine rings is 1. The number of para-hydroxylation sites is 1. The minimum Gasteiger partial charge on any atom is -0.497 e. The van der Waals surface area contributed by atoms with Gasteiger partial charge in [0.15, 0.2) is 0 Å². The van der Waals surface area contributed by atoms with Gasteiger partial charge in [-0.1, -0.05) is 36.4 Å². The molecule has 1 atom stereocenters. The molecule has 36 heavy (non-hydrogen) atoms. The van der Waals surface area contributed by atoms with Crippen LogP contribution in [0.1, 0.15) is 22.8 Å².